The smallest absolute Gasteiger partial charge is 0.159 e. The van der Waals surface area contributed by atoms with Crippen LogP contribution in [0.1, 0.15) is 18.0 Å². The number of hydrogen-bond acceptors (Lipinski definition) is 3. The second kappa shape index (κ2) is 7.04. The van der Waals surface area contributed by atoms with Gasteiger partial charge in [0.15, 0.2) is 11.6 Å². The molecular formula is C13H17F2N3. The Hall–Kier alpha value is -1.51. The molecule has 3 nitrogen and oxygen atoms in total. The maximum Gasteiger partial charge on any atom is 0.159 e. The summed E-state index contributed by atoms with van der Waals surface area (Å²) in [6.45, 7) is 1.55. The molecule has 0 fully saturated rings. The maximum absolute atomic E-state index is 13.1. The number of nitriles is 1. The van der Waals surface area contributed by atoms with Crippen LogP contribution in [0.2, 0.25) is 0 Å². The molecule has 0 amide bonds. The quantitative estimate of drug-likeness (QED) is 0.789. The third kappa shape index (κ3) is 4.40. The van der Waals surface area contributed by atoms with Crippen LogP contribution in [0.15, 0.2) is 18.2 Å². The van der Waals surface area contributed by atoms with E-state index in [9.17, 15) is 8.78 Å². The Labute approximate surface area is 106 Å². The van der Waals surface area contributed by atoms with E-state index in [2.05, 4.69) is 5.32 Å². The normalized spacial score (nSPS) is 12.4. The van der Waals surface area contributed by atoms with Crippen molar-refractivity contribution < 1.29 is 8.78 Å². The van der Waals surface area contributed by atoms with Gasteiger partial charge in [-0.25, -0.2) is 8.78 Å². The van der Waals surface area contributed by atoms with Crippen molar-refractivity contribution in [2.45, 2.75) is 12.5 Å². The summed E-state index contributed by atoms with van der Waals surface area (Å²) in [5.41, 5.74) is 0.446. The molecule has 0 radical (unpaired) electrons. The van der Waals surface area contributed by atoms with Gasteiger partial charge in [-0.1, -0.05) is 6.07 Å². The van der Waals surface area contributed by atoms with E-state index in [0.717, 1.165) is 25.1 Å². The molecule has 0 aliphatic heterocycles. The first kappa shape index (κ1) is 14.6. The first-order valence-electron chi connectivity index (χ1n) is 5.77. The van der Waals surface area contributed by atoms with Crippen molar-refractivity contribution in [2.24, 2.45) is 0 Å². The van der Waals surface area contributed by atoms with Gasteiger partial charge < -0.3 is 4.90 Å². The van der Waals surface area contributed by atoms with E-state index in [0.29, 0.717) is 12.1 Å². The van der Waals surface area contributed by atoms with Crippen LogP contribution in [0.5, 0.6) is 0 Å². The molecule has 0 saturated heterocycles. The lowest BCUT2D eigenvalue weighted by Crippen LogP contribution is -2.24. The minimum atomic E-state index is -0.928. The molecule has 1 aromatic carbocycles. The first-order valence-corrected chi connectivity index (χ1v) is 5.77. The molecular weight excluding hydrogens is 236 g/mol. The van der Waals surface area contributed by atoms with Crippen LogP contribution in [-0.4, -0.2) is 32.1 Å². The fourth-order valence-corrected chi connectivity index (χ4v) is 1.57. The number of nitrogens with zero attached hydrogens (tertiary/aromatic N) is 2. The molecule has 0 heterocycles. The molecule has 0 bridgehead atoms. The monoisotopic (exact) mass is 253 g/mol. The minimum Gasteiger partial charge on any atom is -0.309 e. The Kier molecular flexibility index (Phi) is 5.69. The Balaban J connectivity index is 2.55. The largest absolute Gasteiger partial charge is 0.309 e. The zero-order chi connectivity index (χ0) is 13.5. The van der Waals surface area contributed by atoms with Crippen LogP contribution in [-0.2, 0) is 0 Å². The molecule has 0 aliphatic rings. The molecule has 1 unspecified atom stereocenters. The SMILES string of the molecule is CN(C)CCCNC(C#N)c1ccc(F)c(F)c1. The van der Waals surface area contributed by atoms with E-state index >= 15 is 0 Å². The summed E-state index contributed by atoms with van der Waals surface area (Å²) in [5, 5.41) is 12.0. The van der Waals surface area contributed by atoms with Crippen LogP contribution in [0.3, 0.4) is 0 Å². The van der Waals surface area contributed by atoms with Crippen LogP contribution in [0, 0.1) is 23.0 Å². The van der Waals surface area contributed by atoms with Gasteiger partial charge in [-0.3, -0.25) is 5.32 Å². The molecule has 0 spiro atoms. The van der Waals surface area contributed by atoms with Crippen molar-refractivity contribution >= 4 is 0 Å². The summed E-state index contributed by atoms with van der Waals surface area (Å²) < 4.78 is 25.8. The summed E-state index contributed by atoms with van der Waals surface area (Å²) >= 11 is 0. The lowest BCUT2D eigenvalue weighted by Gasteiger charge is -2.14. The second-order valence-electron chi connectivity index (χ2n) is 4.35. The summed E-state index contributed by atoms with van der Waals surface area (Å²) in [7, 11) is 3.94. The molecule has 1 rings (SSSR count). The topological polar surface area (TPSA) is 39.1 Å². The van der Waals surface area contributed by atoms with E-state index in [-0.39, 0.29) is 0 Å². The fraction of sp³-hybridized carbons (Fsp3) is 0.462. The maximum atomic E-state index is 13.1. The molecule has 0 aliphatic carbocycles. The molecule has 0 saturated carbocycles. The molecule has 0 aromatic heterocycles. The number of benzene rings is 1. The molecule has 98 valence electrons. The van der Waals surface area contributed by atoms with Gasteiger partial charge in [-0.2, -0.15) is 5.26 Å². The van der Waals surface area contributed by atoms with E-state index in [1.54, 1.807) is 0 Å². The van der Waals surface area contributed by atoms with Crippen molar-refractivity contribution in [1.29, 1.82) is 5.26 Å². The third-order valence-corrected chi connectivity index (χ3v) is 2.54. The fourth-order valence-electron chi connectivity index (χ4n) is 1.57. The van der Waals surface area contributed by atoms with Gasteiger partial charge in [0, 0.05) is 0 Å². The van der Waals surface area contributed by atoms with Crippen molar-refractivity contribution in [1.82, 2.24) is 10.2 Å². The standard InChI is InChI=1S/C13H17F2N3/c1-18(2)7-3-6-17-13(9-16)10-4-5-11(14)12(15)8-10/h4-5,8,13,17H,3,6-7H2,1-2H3. The summed E-state index contributed by atoms with van der Waals surface area (Å²) in [5.74, 6) is -1.83. The van der Waals surface area contributed by atoms with E-state index in [1.165, 1.54) is 6.07 Å². The molecule has 1 N–H and O–H groups in total. The number of hydrogen-bond donors (Lipinski definition) is 1. The van der Waals surface area contributed by atoms with Gasteiger partial charge in [0.2, 0.25) is 0 Å². The summed E-state index contributed by atoms with van der Waals surface area (Å²) in [6, 6.07) is 4.95. The van der Waals surface area contributed by atoms with Gasteiger partial charge in [0.25, 0.3) is 0 Å². The highest BCUT2D eigenvalue weighted by atomic mass is 19.2. The van der Waals surface area contributed by atoms with E-state index < -0.39 is 17.7 Å². The Morgan fingerprint density at radius 2 is 2.06 bits per heavy atom. The summed E-state index contributed by atoms with van der Waals surface area (Å²) in [4.78, 5) is 2.04. The van der Waals surface area contributed by atoms with Crippen molar-refractivity contribution in [3.8, 4) is 6.07 Å². The number of rotatable bonds is 6. The Bertz CT molecular complexity index is 427. The van der Waals surface area contributed by atoms with Crippen molar-refractivity contribution in [3.05, 3.63) is 35.4 Å². The zero-order valence-electron chi connectivity index (χ0n) is 10.6. The summed E-state index contributed by atoms with van der Waals surface area (Å²) in [6.07, 6.45) is 0.884. The van der Waals surface area contributed by atoms with Crippen molar-refractivity contribution in [2.75, 3.05) is 27.2 Å². The molecule has 18 heavy (non-hydrogen) atoms. The van der Waals surface area contributed by atoms with Gasteiger partial charge in [0.05, 0.1) is 6.07 Å². The van der Waals surface area contributed by atoms with Gasteiger partial charge in [-0.15, -0.1) is 0 Å². The molecule has 1 atom stereocenters. The van der Waals surface area contributed by atoms with E-state index in [4.69, 9.17) is 5.26 Å². The predicted molar refractivity (Wildman–Crippen MR) is 65.9 cm³/mol. The highest BCUT2D eigenvalue weighted by molar-refractivity contribution is 5.25. The van der Waals surface area contributed by atoms with Crippen LogP contribution < -0.4 is 5.32 Å². The van der Waals surface area contributed by atoms with Crippen LogP contribution in [0.25, 0.3) is 0 Å². The zero-order valence-corrected chi connectivity index (χ0v) is 10.6. The van der Waals surface area contributed by atoms with E-state index in [1.807, 2.05) is 25.1 Å². The third-order valence-electron chi connectivity index (χ3n) is 2.54. The highest BCUT2D eigenvalue weighted by Gasteiger charge is 2.12. The highest BCUT2D eigenvalue weighted by Crippen LogP contribution is 2.15. The average Bonchev–Trinajstić information content (AvgIpc) is 2.33. The van der Waals surface area contributed by atoms with Gasteiger partial charge in [0.1, 0.15) is 6.04 Å². The minimum absolute atomic E-state index is 0.446. The molecule has 1 aromatic rings. The van der Waals surface area contributed by atoms with Gasteiger partial charge >= 0.3 is 0 Å². The molecule has 5 heteroatoms. The van der Waals surface area contributed by atoms with Crippen molar-refractivity contribution in [3.63, 3.8) is 0 Å². The predicted octanol–water partition coefficient (Wildman–Crippen LogP) is 2.07. The number of nitrogens with one attached hydrogen (secondary N) is 1. The second-order valence-corrected chi connectivity index (χ2v) is 4.35. The van der Waals surface area contributed by atoms with Crippen LogP contribution in [0.4, 0.5) is 8.78 Å². The number of halogens is 2. The Morgan fingerprint density at radius 1 is 1.33 bits per heavy atom. The Morgan fingerprint density at radius 3 is 2.61 bits per heavy atom. The average molecular weight is 253 g/mol. The lowest BCUT2D eigenvalue weighted by atomic mass is 10.1. The lowest BCUT2D eigenvalue weighted by molar-refractivity contribution is 0.392. The van der Waals surface area contributed by atoms with Gasteiger partial charge in [-0.05, 0) is 51.3 Å². The van der Waals surface area contributed by atoms with Crippen LogP contribution >= 0.6 is 0 Å². The first-order chi connectivity index (χ1) is 8.54.